The summed E-state index contributed by atoms with van der Waals surface area (Å²) < 4.78 is 0. The molecule has 0 heterocycles. The Bertz CT molecular complexity index is 381. The van der Waals surface area contributed by atoms with Crippen LogP contribution in [0.2, 0.25) is 0 Å². The zero-order valence-electron chi connectivity index (χ0n) is 8.93. The molecule has 0 N–H and O–H groups in total. The lowest BCUT2D eigenvalue weighted by Gasteiger charge is -2.18. The van der Waals surface area contributed by atoms with Crippen molar-refractivity contribution in [2.45, 2.75) is 19.8 Å². The largest absolute Gasteiger partial charge is 0.550 e. The Hall–Kier alpha value is -1.84. The normalized spacial score (nSPS) is 12.1. The predicted molar refractivity (Wildman–Crippen MR) is 53.0 cm³/mol. The molecule has 4 nitrogen and oxygen atoms in total. The number of aliphatic carboxylic acids is 2. The van der Waals surface area contributed by atoms with Crippen LogP contribution in [0.5, 0.6) is 0 Å². The van der Waals surface area contributed by atoms with Gasteiger partial charge in [0.15, 0.2) is 0 Å². The van der Waals surface area contributed by atoms with E-state index < -0.39 is 24.3 Å². The third-order valence-electron chi connectivity index (χ3n) is 2.35. The summed E-state index contributed by atoms with van der Waals surface area (Å²) in [4.78, 5) is 21.1. The van der Waals surface area contributed by atoms with Crippen molar-refractivity contribution in [2.75, 3.05) is 0 Å². The van der Waals surface area contributed by atoms with E-state index in [0.717, 1.165) is 11.1 Å². The summed E-state index contributed by atoms with van der Waals surface area (Å²) in [6.07, 6.45) is -0.368. The zero-order valence-corrected chi connectivity index (χ0v) is 8.93. The molecule has 0 amide bonds. The molecule has 0 radical (unpaired) electrons. The predicted octanol–water partition coefficient (Wildman–Crippen LogP) is -0.956. The van der Waals surface area contributed by atoms with Gasteiger partial charge in [-0.3, -0.25) is 0 Å². The number of carbonyl (C=O) groups excluding carboxylic acids is 2. The molecule has 0 aliphatic rings. The summed E-state index contributed by atoms with van der Waals surface area (Å²) in [6, 6.07) is 7.25. The van der Waals surface area contributed by atoms with Crippen molar-refractivity contribution in [2.24, 2.45) is 5.92 Å². The first-order valence-electron chi connectivity index (χ1n) is 4.95. The van der Waals surface area contributed by atoms with E-state index in [-0.39, 0.29) is 6.42 Å². The summed E-state index contributed by atoms with van der Waals surface area (Å²) in [7, 11) is 0. The molecule has 0 spiro atoms. The Morgan fingerprint density at radius 3 is 2.19 bits per heavy atom. The molecule has 1 rings (SSSR count). The molecular formula is C12H12O4-2. The van der Waals surface area contributed by atoms with E-state index in [1.807, 2.05) is 19.1 Å². The highest BCUT2D eigenvalue weighted by Crippen LogP contribution is 2.12. The van der Waals surface area contributed by atoms with Crippen molar-refractivity contribution in [3.63, 3.8) is 0 Å². The molecule has 1 aromatic carbocycles. The average molecular weight is 220 g/mol. The lowest BCUT2D eigenvalue weighted by atomic mass is 9.96. The third-order valence-corrected chi connectivity index (χ3v) is 2.35. The second-order valence-electron chi connectivity index (χ2n) is 3.78. The number of carboxylic acids is 2. The number of aryl methyl sites for hydroxylation is 1. The molecular weight excluding hydrogens is 208 g/mol. The van der Waals surface area contributed by atoms with E-state index >= 15 is 0 Å². The third kappa shape index (κ3) is 3.73. The number of carboxylic acid groups (broad SMARTS) is 2. The molecule has 1 unspecified atom stereocenters. The van der Waals surface area contributed by atoms with Crippen molar-refractivity contribution in [3.8, 4) is 0 Å². The molecule has 0 aromatic heterocycles. The molecule has 86 valence electrons. The van der Waals surface area contributed by atoms with E-state index in [9.17, 15) is 19.8 Å². The highest BCUT2D eigenvalue weighted by atomic mass is 16.4. The number of benzene rings is 1. The average Bonchev–Trinajstić information content (AvgIpc) is 2.19. The Labute approximate surface area is 93.5 Å². The van der Waals surface area contributed by atoms with Crippen LogP contribution in [0.4, 0.5) is 0 Å². The highest BCUT2D eigenvalue weighted by Gasteiger charge is 2.11. The lowest BCUT2D eigenvalue weighted by Crippen LogP contribution is -2.37. The molecule has 1 aromatic rings. The minimum Gasteiger partial charge on any atom is -0.550 e. The summed E-state index contributed by atoms with van der Waals surface area (Å²) in [5.74, 6) is -3.77. The van der Waals surface area contributed by atoms with Crippen molar-refractivity contribution in [3.05, 3.63) is 35.4 Å². The number of carbonyl (C=O) groups is 2. The van der Waals surface area contributed by atoms with Crippen molar-refractivity contribution in [1.29, 1.82) is 0 Å². The SMILES string of the molecule is Cc1ccc(CC(CC(=O)[O-])C(=O)[O-])cc1. The van der Waals surface area contributed by atoms with Gasteiger partial charge >= 0.3 is 0 Å². The monoisotopic (exact) mass is 220 g/mol. The summed E-state index contributed by atoms with van der Waals surface area (Å²) >= 11 is 0. The lowest BCUT2D eigenvalue weighted by molar-refractivity contribution is -0.320. The first kappa shape index (κ1) is 12.2. The smallest absolute Gasteiger partial charge is 0.0452 e. The molecule has 4 heteroatoms. The van der Waals surface area contributed by atoms with Gasteiger partial charge in [-0.25, -0.2) is 0 Å². The van der Waals surface area contributed by atoms with E-state index in [2.05, 4.69) is 0 Å². The number of hydrogen-bond acceptors (Lipinski definition) is 4. The molecule has 16 heavy (non-hydrogen) atoms. The second kappa shape index (κ2) is 5.30. The maximum absolute atomic E-state index is 10.7. The molecule has 0 aliphatic heterocycles. The van der Waals surface area contributed by atoms with Gasteiger partial charge in [0.1, 0.15) is 0 Å². The molecule has 0 fully saturated rings. The fraction of sp³-hybridized carbons (Fsp3) is 0.333. The van der Waals surface area contributed by atoms with Crippen LogP contribution in [-0.2, 0) is 16.0 Å². The molecule has 0 aliphatic carbocycles. The van der Waals surface area contributed by atoms with Crippen LogP contribution in [0.1, 0.15) is 17.5 Å². The Morgan fingerprint density at radius 2 is 1.75 bits per heavy atom. The van der Waals surface area contributed by atoms with E-state index in [4.69, 9.17) is 0 Å². The highest BCUT2D eigenvalue weighted by molar-refractivity contribution is 5.75. The number of hydrogen-bond donors (Lipinski definition) is 0. The van der Waals surface area contributed by atoms with E-state index in [1.165, 1.54) is 0 Å². The van der Waals surface area contributed by atoms with Crippen LogP contribution in [0, 0.1) is 12.8 Å². The van der Waals surface area contributed by atoms with Gasteiger partial charge in [0.05, 0.1) is 0 Å². The molecule has 0 saturated heterocycles. The van der Waals surface area contributed by atoms with Crippen LogP contribution in [0.15, 0.2) is 24.3 Å². The topological polar surface area (TPSA) is 80.3 Å². The van der Waals surface area contributed by atoms with Crippen LogP contribution in [0.25, 0.3) is 0 Å². The maximum Gasteiger partial charge on any atom is 0.0452 e. The Kier molecular flexibility index (Phi) is 4.05. The summed E-state index contributed by atoms with van der Waals surface area (Å²) in [6.45, 7) is 1.92. The molecule has 0 bridgehead atoms. The first-order valence-corrected chi connectivity index (χ1v) is 4.95. The van der Waals surface area contributed by atoms with Crippen LogP contribution >= 0.6 is 0 Å². The van der Waals surface area contributed by atoms with Crippen molar-refractivity contribution >= 4 is 11.9 Å². The summed E-state index contributed by atoms with van der Waals surface area (Å²) in [5.41, 5.74) is 1.84. The van der Waals surface area contributed by atoms with Gasteiger partial charge in [0.2, 0.25) is 0 Å². The molecule has 1 atom stereocenters. The van der Waals surface area contributed by atoms with Gasteiger partial charge in [-0.05, 0) is 25.3 Å². The zero-order chi connectivity index (χ0) is 12.1. The van der Waals surface area contributed by atoms with Gasteiger partial charge in [-0.2, -0.15) is 0 Å². The molecule has 0 saturated carbocycles. The summed E-state index contributed by atoms with van der Waals surface area (Å²) in [5, 5.41) is 21.1. The van der Waals surface area contributed by atoms with Crippen molar-refractivity contribution < 1.29 is 19.8 Å². The second-order valence-corrected chi connectivity index (χ2v) is 3.78. The van der Waals surface area contributed by atoms with Gasteiger partial charge in [-0.1, -0.05) is 29.8 Å². The number of rotatable bonds is 5. The fourth-order valence-corrected chi connectivity index (χ4v) is 1.45. The minimum atomic E-state index is -1.37. The maximum atomic E-state index is 10.7. The van der Waals surface area contributed by atoms with Gasteiger partial charge in [0, 0.05) is 17.9 Å². The van der Waals surface area contributed by atoms with Crippen molar-refractivity contribution in [1.82, 2.24) is 0 Å². The Morgan fingerprint density at radius 1 is 1.19 bits per heavy atom. The van der Waals surface area contributed by atoms with Crippen LogP contribution in [0.3, 0.4) is 0 Å². The van der Waals surface area contributed by atoms with Gasteiger partial charge in [-0.15, -0.1) is 0 Å². The first-order chi connectivity index (χ1) is 7.49. The minimum absolute atomic E-state index is 0.149. The van der Waals surface area contributed by atoms with Crippen LogP contribution in [-0.4, -0.2) is 11.9 Å². The van der Waals surface area contributed by atoms with E-state index in [0.29, 0.717) is 0 Å². The van der Waals surface area contributed by atoms with Crippen LogP contribution < -0.4 is 10.2 Å². The quantitative estimate of drug-likeness (QED) is 0.640. The van der Waals surface area contributed by atoms with Gasteiger partial charge in [0.25, 0.3) is 0 Å². The standard InChI is InChI=1S/C12H14O4/c1-8-2-4-9(5-3-8)6-10(12(15)16)7-11(13)14/h2-5,10H,6-7H2,1H3,(H,13,14)(H,15,16)/p-2. The van der Waals surface area contributed by atoms with E-state index in [1.54, 1.807) is 12.1 Å². The van der Waals surface area contributed by atoms with Gasteiger partial charge < -0.3 is 19.8 Å². The Balaban J connectivity index is 2.71. The fourth-order valence-electron chi connectivity index (χ4n) is 1.45.